The van der Waals surface area contributed by atoms with Crippen molar-refractivity contribution in [3.05, 3.63) is 53.3 Å². The first-order valence-electron chi connectivity index (χ1n) is 5.61. The maximum Gasteiger partial charge on any atom is 0.356 e. The fourth-order valence-electron chi connectivity index (χ4n) is 2.42. The minimum absolute atomic E-state index is 0.139. The molecule has 0 radical (unpaired) electrons. The van der Waals surface area contributed by atoms with Gasteiger partial charge in [-0.3, -0.25) is 4.68 Å². The average molecular weight is 228 g/mol. The smallest absolute Gasteiger partial charge is 0.356 e. The monoisotopic (exact) mass is 228 g/mol. The van der Waals surface area contributed by atoms with Crippen molar-refractivity contribution in [2.45, 2.75) is 18.9 Å². The van der Waals surface area contributed by atoms with Gasteiger partial charge in [0.2, 0.25) is 0 Å². The highest BCUT2D eigenvalue weighted by atomic mass is 16.4. The number of benzene rings is 1. The molecule has 0 fully saturated rings. The fourth-order valence-corrected chi connectivity index (χ4v) is 2.42. The maximum absolute atomic E-state index is 10.9. The van der Waals surface area contributed by atoms with Crippen LogP contribution in [-0.2, 0) is 6.54 Å². The minimum Gasteiger partial charge on any atom is -0.476 e. The highest BCUT2D eigenvalue weighted by Crippen LogP contribution is 2.34. The third-order valence-corrected chi connectivity index (χ3v) is 3.22. The number of carboxylic acids is 1. The van der Waals surface area contributed by atoms with E-state index in [-0.39, 0.29) is 11.6 Å². The first-order valence-corrected chi connectivity index (χ1v) is 5.61. The molecule has 1 aromatic carbocycles. The van der Waals surface area contributed by atoms with E-state index in [4.69, 9.17) is 5.11 Å². The molecule has 1 aromatic heterocycles. The average Bonchev–Trinajstić information content (AvgIpc) is 2.89. The summed E-state index contributed by atoms with van der Waals surface area (Å²) in [6.45, 7) is 0.794. The topological polar surface area (TPSA) is 55.1 Å². The number of carbonyl (C=O) groups is 1. The lowest BCUT2D eigenvalue weighted by Gasteiger charge is -2.08. The highest BCUT2D eigenvalue weighted by Gasteiger charge is 2.27. The fraction of sp³-hybridized carbons (Fsp3) is 0.231. The third kappa shape index (κ3) is 1.62. The van der Waals surface area contributed by atoms with Crippen LogP contribution in [0.4, 0.5) is 0 Å². The van der Waals surface area contributed by atoms with E-state index in [9.17, 15) is 4.79 Å². The van der Waals surface area contributed by atoms with Gasteiger partial charge < -0.3 is 5.11 Å². The number of carboxylic acid groups (broad SMARTS) is 1. The van der Waals surface area contributed by atoms with Crippen LogP contribution in [0.3, 0.4) is 0 Å². The van der Waals surface area contributed by atoms with Gasteiger partial charge in [-0.2, -0.15) is 5.10 Å². The lowest BCUT2D eigenvalue weighted by molar-refractivity contribution is 0.0689. The molecule has 0 saturated heterocycles. The second kappa shape index (κ2) is 3.73. The van der Waals surface area contributed by atoms with E-state index in [1.165, 1.54) is 5.56 Å². The Morgan fingerprint density at radius 2 is 2.12 bits per heavy atom. The van der Waals surface area contributed by atoms with Crippen molar-refractivity contribution in [1.82, 2.24) is 9.78 Å². The Morgan fingerprint density at radius 3 is 2.82 bits per heavy atom. The first kappa shape index (κ1) is 10.1. The molecule has 1 unspecified atom stereocenters. The van der Waals surface area contributed by atoms with Crippen molar-refractivity contribution in [3.63, 3.8) is 0 Å². The highest BCUT2D eigenvalue weighted by molar-refractivity contribution is 5.85. The predicted molar refractivity (Wildman–Crippen MR) is 62.1 cm³/mol. The van der Waals surface area contributed by atoms with E-state index in [1.54, 1.807) is 10.7 Å². The molecule has 0 aliphatic carbocycles. The summed E-state index contributed by atoms with van der Waals surface area (Å²) < 4.78 is 1.81. The number of nitrogens with zero attached hydrogens (tertiary/aromatic N) is 2. The summed E-state index contributed by atoms with van der Waals surface area (Å²) in [6, 6.07) is 11.8. The lowest BCUT2D eigenvalue weighted by Crippen LogP contribution is -2.00. The van der Waals surface area contributed by atoms with Gasteiger partial charge in [0.05, 0.1) is 0 Å². The van der Waals surface area contributed by atoms with Crippen molar-refractivity contribution in [1.29, 1.82) is 0 Å². The van der Waals surface area contributed by atoms with Crippen LogP contribution in [0.15, 0.2) is 36.4 Å². The quantitative estimate of drug-likeness (QED) is 0.856. The molecule has 2 aromatic rings. The molecule has 1 N–H and O–H groups in total. The zero-order valence-corrected chi connectivity index (χ0v) is 9.21. The third-order valence-electron chi connectivity index (χ3n) is 3.22. The Kier molecular flexibility index (Phi) is 2.21. The van der Waals surface area contributed by atoms with Crippen LogP contribution >= 0.6 is 0 Å². The number of aromatic carboxylic acids is 1. The van der Waals surface area contributed by atoms with Crippen molar-refractivity contribution < 1.29 is 9.90 Å². The van der Waals surface area contributed by atoms with Gasteiger partial charge in [-0.1, -0.05) is 30.3 Å². The van der Waals surface area contributed by atoms with Crippen LogP contribution in [0.1, 0.15) is 34.1 Å². The van der Waals surface area contributed by atoms with Crippen LogP contribution < -0.4 is 0 Å². The number of hydrogen-bond acceptors (Lipinski definition) is 2. The molecule has 0 amide bonds. The number of fused-ring (bicyclic) bond motifs is 1. The number of hydrogen-bond donors (Lipinski definition) is 1. The van der Waals surface area contributed by atoms with E-state index in [0.29, 0.717) is 0 Å². The van der Waals surface area contributed by atoms with Gasteiger partial charge in [0.15, 0.2) is 5.69 Å². The van der Waals surface area contributed by atoms with E-state index in [1.807, 2.05) is 18.2 Å². The van der Waals surface area contributed by atoms with Crippen LogP contribution in [0.25, 0.3) is 0 Å². The molecule has 1 aliphatic rings. The molecule has 3 rings (SSSR count). The van der Waals surface area contributed by atoms with E-state index >= 15 is 0 Å². The number of aromatic nitrogens is 2. The summed E-state index contributed by atoms with van der Waals surface area (Å²) >= 11 is 0. The molecule has 86 valence electrons. The molecule has 4 heteroatoms. The molecular weight excluding hydrogens is 216 g/mol. The van der Waals surface area contributed by atoms with E-state index in [2.05, 4.69) is 17.2 Å². The molecule has 0 saturated carbocycles. The van der Waals surface area contributed by atoms with Gasteiger partial charge in [0.25, 0.3) is 0 Å². The van der Waals surface area contributed by atoms with E-state index < -0.39 is 5.97 Å². The van der Waals surface area contributed by atoms with Gasteiger partial charge in [-0.25, -0.2) is 4.79 Å². The Labute approximate surface area is 98.5 Å². The molecule has 1 atom stereocenters. The van der Waals surface area contributed by atoms with E-state index in [0.717, 1.165) is 18.7 Å². The summed E-state index contributed by atoms with van der Waals surface area (Å²) in [5.41, 5.74) is 2.37. The zero-order valence-electron chi connectivity index (χ0n) is 9.21. The Morgan fingerprint density at radius 1 is 1.35 bits per heavy atom. The molecule has 17 heavy (non-hydrogen) atoms. The predicted octanol–water partition coefficient (Wildman–Crippen LogP) is 2.12. The Hall–Kier alpha value is -2.10. The second-order valence-corrected chi connectivity index (χ2v) is 4.23. The van der Waals surface area contributed by atoms with Crippen molar-refractivity contribution in [2.75, 3.05) is 0 Å². The van der Waals surface area contributed by atoms with Crippen LogP contribution in [0.5, 0.6) is 0 Å². The summed E-state index contributed by atoms with van der Waals surface area (Å²) in [7, 11) is 0. The molecule has 0 bridgehead atoms. The van der Waals surface area contributed by atoms with Crippen LogP contribution in [-0.4, -0.2) is 20.9 Å². The van der Waals surface area contributed by atoms with Crippen molar-refractivity contribution in [2.24, 2.45) is 0 Å². The zero-order chi connectivity index (χ0) is 11.8. The summed E-state index contributed by atoms with van der Waals surface area (Å²) in [5, 5.41) is 13.0. The van der Waals surface area contributed by atoms with Crippen molar-refractivity contribution >= 4 is 5.97 Å². The second-order valence-electron chi connectivity index (χ2n) is 4.23. The molecular formula is C13H12N2O2. The number of rotatable bonds is 2. The minimum atomic E-state index is -0.960. The molecule has 2 heterocycles. The maximum atomic E-state index is 10.9. The van der Waals surface area contributed by atoms with Crippen molar-refractivity contribution in [3.8, 4) is 0 Å². The molecule has 4 nitrogen and oxygen atoms in total. The first-order chi connectivity index (χ1) is 8.25. The Balaban J connectivity index is 2.01. The Bertz CT molecular complexity index is 560. The van der Waals surface area contributed by atoms with Gasteiger partial charge >= 0.3 is 5.97 Å². The molecule has 0 spiro atoms. The summed E-state index contributed by atoms with van der Waals surface area (Å²) in [4.78, 5) is 10.9. The van der Waals surface area contributed by atoms with Gasteiger partial charge in [-0.05, 0) is 18.1 Å². The summed E-state index contributed by atoms with van der Waals surface area (Å²) in [6.07, 6.45) is 0.992. The SMILES string of the molecule is O=C(O)c1cc2n(n1)CCC2c1ccccc1. The molecule has 1 aliphatic heterocycles. The van der Waals surface area contributed by atoms with Gasteiger partial charge in [0.1, 0.15) is 0 Å². The normalized spacial score (nSPS) is 18.0. The van der Waals surface area contributed by atoms with Gasteiger partial charge in [-0.15, -0.1) is 0 Å². The number of aryl methyl sites for hydroxylation is 1. The largest absolute Gasteiger partial charge is 0.476 e. The van der Waals surface area contributed by atoms with Crippen LogP contribution in [0.2, 0.25) is 0 Å². The van der Waals surface area contributed by atoms with Gasteiger partial charge in [0, 0.05) is 18.2 Å². The standard InChI is InChI=1S/C13H12N2O2/c16-13(17)11-8-12-10(6-7-15(12)14-11)9-4-2-1-3-5-9/h1-5,8,10H,6-7H2,(H,16,17). The van der Waals surface area contributed by atoms with Crippen LogP contribution in [0, 0.1) is 0 Å². The summed E-state index contributed by atoms with van der Waals surface area (Å²) in [5.74, 6) is -0.685. The lowest BCUT2D eigenvalue weighted by atomic mass is 9.95.